The molecule has 1 aromatic rings. The predicted molar refractivity (Wildman–Crippen MR) is 52.3 cm³/mol. The van der Waals surface area contributed by atoms with E-state index in [2.05, 4.69) is 5.10 Å². The summed E-state index contributed by atoms with van der Waals surface area (Å²) in [7, 11) is 1.61. The Balaban J connectivity index is 2.21. The van der Waals surface area contributed by atoms with E-state index >= 15 is 0 Å². The van der Waals surface area contributed by atoms with Crippen LogP contribution in [0.5, 0.6) is 5.88 Å². The average molecular weight is 197 g/mol. The van der Waals surface area contributed by atoms with Crippen molar-refractivity contribution in [1.29, 1.82) is 0 Å². The van der Waals surface area contributed by atoms with Gasteiger partial charge in [0.2, 0.25) is 5.88 Å². The van der Waals surface area contributed by atoms with E-state index in [-0.39, 0.29) is 0 Å². The summed E-state index contributed by atoms with van der Waals surface area (Å²) < 4.78 is 12.4. The lowest BCUT2D eigenvalue weighted by atomic mass is 10.1. The Labute approximate surface area is 82.8 Å². The summed E-state index contributed by atoms with van der Waals surface area (Å²) in [6.07, 6.45) is 3.57. The standard InChI is InChI=1S/C9H15N3O2/c1-13-9-8(10)6-11-12(9)7-2-4-14-5-3-7/h6-7H,2-5,10H2,1H3. The van der Waals surface area contributed by atoms with E-state index in [0.717, 1.165) is 26.1 Å². The van der Waals surface area contributed by atoms with Crippen LogP contribution in [0.4, 0.5) is 5.69 Å². The van der Waals surface area contributed by atoms with Gasteiger partial charge in [0.05, 0.1) is 19.3 Å². The molecule has 2 heterocycles. The lowest BCUT2D eigenvalue weighted by molar-refractivity contribution is 0.0638. The molecular weight excluding hydrogens is 182 g/mol. The first-order valence-corrected chi connectivity index (χ1v) is 4.77. The molecule has 0 spiro atoms. The van der Waals surface area contributed by atoms with Crippen molar-refractivity contribution >= 4 is 5.69 Å². The van der Waals surface area contributed by atoms with Gasteiger partial charge in [-0.05, 0) is 12.8 Å². The van der Waals surface area contributed by atoms with Gasteiger partial charge in [-0.1, -0.05) is 0 Å². The molecule has 5 nitrogen and oxygen atoms in total. The smallest absolute Gasteiger partial charge is 0.235 e. The minimum absolute atomic E-state index is 0.357. The molecule has 2 N–H and O–H groups in total. The molecule has 14 heavy (non-hydrogen) atoms. The van der Waals surface area contributed by atoms with Crippen LogP contribution in [0.25, 0.3) is 0 Å². The number of nitrogens with two attached hydrogens (primary N) is 1. The number of hydrogen-bond donors (Lipinski definition) is 1. The lowest BCUT2D eigenvalue weighted by Crippen LogP contribution is -2.21. The normalized spacial score (nSPS) is 18.4. The van der Waals surface area contributed by atoms with Crippen molar-refractivity contribution in [2.24, 2.45) is 0 Å². The Kier molecular flexibility index (Phi) is 2.58. The second-order valence-corrected chi connectivity index (χ2v) is 3.40. The number of nitrogens with zero attached hydrogens (tertiary/aromatic N) is 2. The number of ether oxygens (including phenoxy) is 2. The first kappa shape index (κ1) is 9.33. The number of anilines is 1. The summed E-state index contributed by atoms with van der Waals surface area (Å²) in [6.45, 7) is 1.57. The van der Waals surface area contributed by atoms with Crippen LogP contribution in [-0.2, 0) is 4.74 Å². The van der Waals surface area contributed by atoms with E-state index in [4.69, 9.17) is 15.2 Å². The van der Waals surface area contributed by atoms with E-state index in [0.29, 0.717) is 17.6 Å². The highest BCUT2D eigenvalue weighted by Gasteiger charge is 2.20. The van der Waals surface area contributed by atoms with Crippen molar-refractivity contribution in [2.75, 3.05) is 26.1 Å². The third kappa shape index (κ3) is 1.55. The molecular formula is C9H15N3O2. The van der Waals surface area contributed by atoms with Crippen LogP contribution < -0.4 is 10.5 Å². The minimum Gasteiger partial charge on any atom is -0.480 e. The molecule has 0 saturated carbocycles. The topological polar surface area (TPSA) is 62.3 Å². The Morgan fingerprint density at radius 2 is 2.29 bits per heavy atom. The zero-order chi connectivity index (χ0) is 9.97. The fourth-order valence-corrected chi connectivity index (χ4v) is 1.77. The average Bonchev–Trinajstić information content (AvgIpc) is 2.61. The highest BCUT2D eigenvalue weighted by molar-refractivity contribution is 5.46. The van der Waals surface area contributed by atoms with Gasteiger partial charge in [-0.15, -0.1) is 0 Å². The monoisotopic (exact) mass is 197 g/mol. The molecule has 78 valence electrons. The van der Waals surface area contributed by atoms with E-state index in [9.17, 15) is 0 Å². The molecule has 1 aromatic heterocycles. The maximum Gasteiger partial charge on any atom is 0.235 e. The van der Waals surface area contributed by atoms with Gasteiger partial charge in [-0.2, -0.15) is 5.10 Å². The molecule has 1 aliphatic rings. The van der Waals surface area contributed by atoms with Crippen LogP contribution in [0, 0.1) is 0 Å². The zero-order valence-corrected chi connectivity index (χ0v) is 8.27. The number of methoxy groups -OCH3 is 1. The Morgan fingerprint density at radius 3 is 2.93 bits per heavy atom. The summed E-state index contributed by atoms with van der Waals surface area (Å²) >= 11 is 0. The van der Waals surface area contributed by atoms with E-state index in [1.54, 1.807) is 13.3 Å². The van der Waals surface area contributed by atoms with Crippen LogP contribution in [0.1, 0.15) is 18.9 Å². The number of aromatic nitrogens is 2. The number of nitrogen functional groups attached to an aromatic ring is 1. The van der Waals surface area contributed by atoms with Gasteiger partial charge in [0.25, 0.3) is 0 Å². The van der Waals surface area contributed by atoms with Gasteiger partial charge < -0.3 is 15.2 Å². The molecule has 0 bridgehead atoms. The van der Waals surface area contributed by atoms with E-state index < -0.39 is 0 Å². The van der Waals surface area contributed by atoms with E-state index in [1.165, 1.54) is 0 Å². The van der Waals surface area contributed by atoms with Crippen LogP contribution >= 0.6 is 0 Å². The second-order valence-electron chi connectivity index (χ2n) is 3.40. The third-order valence-electron chi connectivity index (χ3n) is 2.51. The van der Waals surface area contributed by atoms with Crippen molar-refractivity contribution in [3.8, 4) is 5.88 Å². The molecule has 0 atom stereocenters. The first-order chi connectivity index (χ1) is 6.83. The maximum absolute atomic E-state index is 5.72. The summed E-state index contributed by atoms with van der Waals surface area (Å²) in [5.74, 6) is 0.664. The second kappa shape index (κ2) is 3.88. The van der Waals surface area contributed by atoms with Crippen LogP contribution in [0.2, 0.25) is 0 Å². The number of rotatable bonds is 2. The molecule has 0 aromatic carbocycles. The van der Waals surface area contributed by atoms with Gasteiger partial charge in [0, 0.05) is 13.2 Å². The molecule has 1 fully saturated rings. The highest BCUT2D eigenvalue weighted by Crippen LogP contribution is 2.29. The summed E-state index contributed by atoms with van der Waals surface area (Å²) in [6, 6.07) is 0.357. The zero-order valence-electron chi connectivity index (χ0n) is 8.27. The Bertz CT molecular complexity index is 305. The van der Waals surface area contributed by atoms with Crippen molar-refractivity contribution in [3.05, 3.63) is 6.20 Å². The number of hydrogen-bond acceptors (Lipinski definition) is 4. The molecule has 2 rings (SSSR count). The molecule has 0 unspecified atom stereocenters. The van der Waals surface area contributed by atoms with Gasteiger partial charge in [-0.25, -0.2) is 4.68 Å². The Morgan fingerprint density at radius 1 is 1.57 bits per heavy atom. The molecule has 0 aliphatic carbocycles. The molecule has 0 amide bonds. The van der Waals surface area contributed by atoms with Crippen molar-refractivity contribution in [1.82, 2.24) is 9.78 Å². The Hall–Kier alpha value is -1.23. The fraction of sp³-hybridized carbons (Fsp3) is 0.667. The van der Waals surface area contributed by atoms with Crippen LogP contribution in [-0.4, -0.2) is 30.1 Å². The molecule has 1 aliphatic heterocycles. The van der Waals surface area contributed by atoms with E-state index in [1.807, 2.05) is 4.68 Å². The van der Waals surface area contributed by atoms with Gasteiger partial charge >= 0.3 is 0 Å². The first-order valence-electron chi connectivity index (χ1n) is 4.77. The molecule has 1 saturated heterocycles. The maximum atomic E-state index is 5.72. The van der Waals surface area contributed by atoms with Crippen molar-refractivity contribution in [2.45, 2.75) is 18.9 Å². The fourth-order valence-electron chi connectivity index (χ4n) is 1.77. The SMILES string of the molecule is COc1c(N)cnn1C1CCOCC1. The van der Waals surface area contributed by atoms with Gasteiger partial charge in [-0.3, -0.25) is 0 Å². The van der Waals surface area contributed by atoms with Crippen molar-refractivity contribution < 1.29 is 9.47 Å². The minimum atomic E-state index is 0.357. The summed E-state index contributed by atoms with van der Waals surface area (Å²) in [4.78, 5) is 0. The largest absolute Gasteiger partial charge is 0.480 e. The quantitative estimate of drug-likeness (QED) is 0.762. The third-order valence-corrected chi connectivity index (χ3v) is 2.51. The predicted octanol–water partition coefficient (Wildman–Crippen LogP) is 0.825. The van der Waals surface area contributed by atoms with Gasteiger partial charge in [0.15, 0.2) is 0 Å². The lowest BCUT2D eigenvalue weighted by Gasteiger charge is -2.23. The van der Waals surface area contributed by atoms with Crippen LogP contribution in [0.3, 0.4) is 0 Å². The van der Waals surface area contributed by atoms with Gasteiger partial charge in [0.1, 0.15) is 5.69 Å². The van der Waals surface area contributed by atoms with Crippen LogP contribution in [0.15, 0.2) is 6.20 Å². The molecule has 5 heteroatoms. The summed E-state index contributed by atoms with van der Waals surface area (Å²) in [5.41, 5.74) is 6.32. The summed E-state index contributed by atoms with van der Waals surface area (Å²) in [5, 5.41) is 4.22. The van der Waals surface area contributed by atoms with Crippen molar-refractivity contribution in [3.63, 3.8) is 0 Å². The highest BCUT2D eigenvalue weighted by atomic mass is 16.5. The molecule has 0 radical (unpaired) electrons.